The lowest BCUT2D eigenvalue weighted by Gasteiger charge is -2.22. The van der Waals surface area contributed by atoms with Crippen molar-refractivity contribution in [3.63, 3.8) is 0 Å². The van der Waals surface area contributed by atoms with Crippen molar-refractivity contribution in [1.29, 1.82) is 0 Å². The van der Waals surface area contributed by atoms with E-state index in [1.807, 2.05) is 0 Å². The van der Waals surface area contributed by atoms with Crippen LogP contribution in [-0.2, 0) is 4.79 Å². The third-order valence-electron chi connectivity index (χ3n) is 3.28. The Balaban J connectivity index is 2.07. The van der Waals surface area contributed by atoms with Crippen LogP contribution in [0.15, 0.2) is 18.2 Å². The van der Waals surface area contributed by atoms with E-state index >= 15 is 0 Å². The minimum atomic E-state index is -0.210. The second kappa shape index (κ2) is 6.06. The van der Waals surface area contributed by atoms with Crippen molar-refractivity contribution < 1.29 is 14.3 Å². The maximum Gasteiger partial charge on any atom is 0.255 e. The Morgan fingerprint density at radius 1 is 1.37 bits per heavy atom. The number of ether oxygens (including phenoxy) is 1. The number of hydrogen-bond donors (Lipinski definition) is 1. The number of nitrogens with one attached hydrogen (secondary N) is 1. The predicted molar refractivity (Wildman–Crippen MR) is 72.7 cm³/mol. The van der Waals surface area contributed by atoms with Crippen molar-refractivity contribution in [1.82, 2.24) is 5.32 Å². The summed E-state index contributed by atoms with van der Waals surface area (Å²) in [4.78, 5) is 23.4. The van der Waals surface area contributed by atoms with E-state index in [9.17, 15) is 9.59 Å². The summed E-state index contributed by atoms with van der Waals surface area (Å²) in [5.41, 5.74) is 0.423. The number of hydrogen-bond acceptors (Lipinski definition) is 3. The van der Waals surface area contributed by atoms with E-state index in [4.69, 9.17) is 16.3 Å². The molecular weight excluding hydrogens is 266 g/mol. The van der Waals surface area contributed by atoms with Crippen molar-refractivity contribution in [3.05, 3.63) is 28.8 Å². The molecular formula is C14H16ClNO3. The standard InChI is InChI=1S/C14H16ClNO3/c1-19-13-7-2-9(15)8-12(13)14(18)16-10-3-5-11(17)6-4-10/h2,7-8,10H,3-6H2,1H3,(H,16,18). The lowest BCUT2D eigenvalue weighted by molar-refractivity contribution is -0.120. The molecule has 0 spiro atoms. The van der Waals surface area contributed by atoms with Crippen molar-refractivity contribution in [2.75, 3.05) is 7.11 Å². The summed E-state index contributed by atoms with van der Waals surface area (Å²) in [7, 11) is 1.51. The number of Topliss-reactive ketones (excluding diaryl/α,β-unsaturated/α-hetero) is 1. The molecule has 4 nitrogen and oxygen atoms in total. The van der Waals surface area contributed by atoms with Gasteiger partial charge in [0.1, 0.15) is 11.5 Å². The Hall–Kier alpha value is -1.55. The first-order valence-corrected chi connectivity index (χ1v) is 6.64. The highest BCUT2D eigenvalue weighted by atomic mass is 35.5. The van der Waals surface area contributed by atoms with Crippen molar-refractivity contribution in [3.8, 4) is 5.75 Å². The number of amides is 1. The fraction of sp³-hybridized carbons (Fsp3) is 0.429. The van der Waals surface area contributed by atoms with Gasteiger partial charge in [0.15, 0.2) is 0 Å². The van der Waals surface area contributed by atoms with Gasteiger partial charge in [-0.2, -0.15) is 0 Å². The van der Waals surface area contributed by atoms with Crippen LogP contribution in [0, 0.1) is 0 Å². The summed E-state index contributed by atoms with van der Waals surface area (Å²) in [5.74, 6) is 0.554. The van der Waals surface area contributed by atoms with Crippen LogP contribution in [-0.4, -0.2) is 24.8 Å². The molecule has 5 heteroatoms. The normalized spacial score (nSPS) is 16.2. The van der Waals surface area contributed by atoms with Crippen molar-refractivity contribution in [2.24, 2.45) is 0 Å². The van der Waals surface area contributed by atoms with E-state index in [0.29, 0.717) is 42.0 Å². The molecule has 0 radical (unpaired) electrons. The second-order valence-electron chi connectivity index (χ2n) is 4.63. The molecule has 2 rings (SSSR count). The molecule has 0 unspecified atom stereocenters. The Kier molecular flexibility index (Phi) is 4.43. The highest BCUT2D eigenvalue weighted by Crippen LogP contribution is 2.23. The van der Waals surface area contributed by atoms with E-state index in [1.54, 1.807) is 18.2 Å². The molecule has 1 amide bonds. The number of methoxy groups -OCH3 is 1. The zero-order chi connectivity index (χ0) is 13.8. The van der Waals surface area contributed by atoms with Gasteiger partial charge in [-0.3, -0.25) is 9.59 Å². The van der Waals surface area contributed by atoms with Crippen molar-refractivity contribution >= 4 is 23.3 Å². The molecule has 1 N–H and O–H groups in total. The Bertz CT molecular complexity index is 491. The second-order valence-corrected chi connectivity index (χ2v) is 5.07. The summed E-state index contributed by atoms with van der Waals surface area (Å²) in [6.07, 6.45) is 2.48. The maximum absolute atomic E-state index is 12.2. The molecule has 1 fully saturated rings. The van der Waals surface area contributed by atoms with E-state index in [-0.39, 0.29) is 17.7 Å². The summed E-state index contributed by atoms with van der Waals surface area (Å²) in [5, 5.41) is 3.42. The smallest absolute Gasteiger partial charge is 0.255 e. The zero-order valence-electron chi connectivity index (χ0n) is 10.7. The summed E-state index contributed by atoms with van der Waals surface area (Å²) in [6, 6.07) is 4.98. The van der Waals surface area contributed by atoms with Gasteiger partial charge < -0.3 is 10.1 Å². The number of benzene rings is 1. The van der Waals surface area contributed by atoms with Gasteiger partial charge in [0, 0.05) is 23.9 Å². The third-order valence-corrected chi connectivity index (χ3v) is 3.52. The van der Waals surface area contributed by atoms with Crippen molar-refractivity contribution in [2.45, 2.75) is 31.7 Å². The number of carbonyl (C=O) groups excluding carboxylic acids is 2. The topological polar surface area (TPSA) is 55.4 Å². The Labute approximate surface area is 117 Å². The molecule has 1 aliphatic carbocycles. The zero-order valence-corrected chi connectivity index (χ0v) is 11.5. The summed E-state index contributed by atoms with van der Waals surface area (Å²) in [6.45, 7) is 0. The van der Waals surface area contributed by atoms with Gasteiger partial charge in [-0.1, -0.05) is 11.6 Å². The van der Waals surface area contributed by atoms with E-state index < -0.39 is 0 Å². The average Bonchev–Trinajstić information content (AvgIpc) is 2.41. The number of rotatable bonds is 3. The summed E-state index contributed by atoms with van der Waals surface area (Å²) < 4.78 is 5.15. The lowest BCUT2D eigenvalue weighted by Crippen LogP contribution is -2.37. The molecule has 0 aromatic heterocycles. The quantitative estimate of drug-likeness (QED) is 0.926. The number of ketones is 1. The number of halogens is 1. The van der Waals surface area contributed by atoms with Crippen LogP contribution in [0.25, 0.3) is 0 Å². The first-order chi connectivity index (χ1) is 9.10. The van der Waals surface area contributed by atoms with E-state index in [0.717, 1.165) is 0 Å². The van der Waals surface area contributed by atoms with Crippen LogP contribution in [0.1, 0.15) is 36.0 Å². The monoisotopic (exact) mass is 281 g/mol. The first kappa shape index (κ1) is 13.9. The third kappa shape index (κ3) is 3.47. The minimum Gasteiger partial charge on any atom is -0.496 e. The number of carbonyl (C=O) groups is 2. The largest absolute Gasteiger partial charge is 0.496 e. The van der Waals surface area contributed by atoms with Gasteiger partial charge >= 0.3 is 0 Å². The average molecular weight is 282 g/mol. The van der Waals surface area contributed by atoms with Crippen LogP contribution in [0.2, 0.25) is 5.02 Å². The molecule has 1 saturated carbocycles. The van der Waals surface area contributed by atoms with E-state index in [1.165, 1.54) is 7.11 Å². The fourth-order valence-electron chi connectivity index (χ4n) is 2.20. The van der Waals surface area contributed by atoms with Crippen LogP contribution >= 0.6 is 11.6 Å². The minimum absolute atomic E-state index is 0.0499. The Morgan fingerprint density at radius 2 is 2.05 bits per heavy atom. The first-order valence-electron chi connectivity index (χ1n) is 6.26. The lowest BCUT2D eigenvalue weighted by atomic mass is 9.94. The maximum atomic E-state index is 12.2. The van der Waals surface area contributed by atoms with Crippen LogP contribution in [0.3, 0.4) is 0 Å². The van der Waals surface area contributed by atoms with Crippen LogP contribution < -0.4 is 10.1 Å². The van der Waals surface area contributed by atoms with Gasteiger partial charge in [0.25, 0.3) is 5.91 Å². The van der Waals surface area contributed by atoms with Crippen LogP contribution in [0.4, 0.5) is 0 Å². The molecule has 0 bridgehead atoms. The molecule has 1 aromatic carbocycles. The molecule has 0 aliphatic heterocycles. The van der Waals surface area contributed by atoms with Crippen LogP contribution in [0.5, 0.6) is 5.75 Å². The van der Waals surface area contributed by atoms with Gasteiger partial charge in [0.2, 0.25) is 0 Å². The van der Waals surface area contributed by atoms with Gasteiger partial charge in [0.05, 0.1) is 12.7 Å². The highest BCUT2D eigenvalue weighted by Gasteiger charge is 2.22. The molecule has 102 valence electrons. The highest BCUT2D eigenvalue weighted by molar-refractivity contribution is 6.31. The van der Waals surface area contributed by atoms with Gasteiger partial charge in [-0.15, -0.1) is 0 Å². The molecule has 0 heterocycles. The SMILES string of the molecule is COc1ccc(Cl)cc1C(=O)NC1CCC(=O)CC1. The molecule has 0 atom stereocenters. The van der Waals surface area contributed by atoms with E-state index in [2.05, 4.69) is 5.32 Å². The molecule has 19 heavy (non-hydrogen) atoms. The predicted octanol–water partition coefficient (Wildman–Crippen LogP) is 2.59. The Morgan fingerprint density at radius 3 is 2.68 bits per heavy atom. The fourth-order valence-corrected chi connectivity index (χ4v) is 2.38. The molecule has 1 aromatic rings. The van der Waals surface area contributed by atoms with Gasteiger partial charge in [-0.25, -0.2) is 0 Å². The van der Waals surface area contributed by atoms with Gasteiger partial charge in [-0.05, 0) is 31.0 Å². The molecule has 0 saturated heterocycles. The molecule has 1 aliphatic rings. The summed E-state index contributed by atoms with van der Waals surface area (Å²) >= 11 is 5.90.